The first-order valence-electron chi connectivity index (χ1n) is 6.88. The van der Waals surface area contributed by atoms with Gasteiger partial charge in [-0.1, -0.05) is 24.3 Å². The molecular formula is C15H18N2O2S. The maximum absolute atomic E-state index is 11.4. The normalized spacial score (nSPS) is 21.3. The summed E-state index contributed by atoms with van der Waals surface area (Å²) in [5.41, 5.74) is 1.99. The summed E-state index contributed by atoms with van der Waals surface area (Å²) in [6.07, 6.45) is 0.778. The lowest BCUT2D eigenvalue weighted by Crippen LogP contribution is -2.23. The highest BCUT2D eigenvalue weighted by atomic mass is 32.2. The second-order valence-corrected chi connectivity index (χ2v) is 7.62. The zero-order valence-corrected chi connectivity index (χ0v) is 12.1. The molecular weight excluding hydrogens is 272 g/mol. The Labute approximate surface area is 119 Å². The van der Waals surface area contributed by atoms with Gasteiger partial charge in [0, 0.05) is 11.9 Å². The molecule has 1 unspecified atom stereocenters. The molecule has 2 heterocycles. The predicted molar refractivity (Wildman–Crippen MR) is 80.2 cm³/mol. The highest BCUT2D eigenvalue weighted by Crippen LogP contribution is 2.17. The molecule has 0 radical (unpaired) electrons. The smallest absolute Gasteiger partial charge is 0.150 e. The number of fused-ring (bicyclic) bond motifs is 1. The van der Waals surface area contributed by atoms with Gasteiger partial charge >= 0.3 is 0 Å². The van der Waals surface area contributed by atoms with Gasteiger partial charge in [0.25, 0.3) is 0 Å². The van der Waals surface area contributed by atoms with Crippen LogP contribution >= 0.6 is 0 Å². The molecule has 1 N–H and O–H groups in total. The largest absolute Gasteiger partial charge is 0.311 e. The second-order valence-electron chi connectivity index (χ2n) is 5.40. The van der Waals surface area contributed by atoms with Crippen molar-refractivity contribution in [3.05, 3.63) is 42.1 Å². The third-order valence-electron chi connectivity index (χ3n) is 3.72. The molecule has 20 heavy (non-hydrogen) atoms. The molecule has 2 aromatic rings. The van der Waals surface area contributed by atoms with Gasteiger partial charge in [-0.2, -0.15) is 0 Å². The Morgan fingerprint density at radius 1 is 1.20 bits per heavy atom. The first kappa shape index (κ1) is 13.5. The molecule has 1 saturated heterocycles. The quantitative estimate of drug-likeness (QED) is 0.932. The van der Waals surface area contributed by atoms with E-state index in [1.54, 1.807) is 0 Å². The number of rotatable bonds is 4. The monoisotopic (exact) mass is 290 g/mol. The van der Waals surface area contributed by atoms with E-state index in [1.165, 1.54) is 0 Å². The Bertz CT molecular complexity index is 713. The summed E-state index contributed by atoms with van der Waals surface area (Å²) in [5.74, 6) is 0.916. The van der Waals surface area contributed by atoms with Gasteiger partial charge in [0.05, 0.1) is 22.7 Å². The highest BCUT2D eigenvalue weighted by molar-refractivity contribution is 7.91. The van der Waals surface area contributed by atoms with Gasteiger partial charge in [0.15, 0.2) is 9.84 Å². The molecule has 0 amide bonds. The van der Waals surface area contributed by atoms with Crippen LogP contribution in [-0.2, 0) is 16.4 Å². The van der Waals surface area contributed by atoms with E-state index >= 15 is 0 Å². The molecule has 1 aromatic heterocycles. The first-order chi connectivity index (χ1) is 9.62. The van der Waals surface area contributed by atoms with Gasteiger partial charge in [-0.25, -0.2) is 8.42 Å². The van der Waals surface area contributed by atoms with Crippen LogP contribution in [0.15, 0.2) is 36.4 Å². The molecule has 3 rings (SSSR count). The Morgan fingerprint density at radius 2 is 2.05 bits per heavy atom. The van der Waals surface area contributed by atoms with Crippen LogP contribution in [-0.4, -0.2) is 31.5 Å². The van der Waals surface area contributed by atoms with Crippen LogP contribution in [0.3, 0.4) is 0 Å². The van der Waals surface area contributed by atoms with E-state index < -0.39 is 9.84 Å². The van der Waals surface area contributed by atoms with E-state index in [2.05, 4.69) is 16.4 Å². The van der Waals surface area contributed by atoms with Crippen LogP contribution < -0.4 is 5.32 Å². The maximum Gasteiger partial charge on any atom is 0.150 e. The van der Waals surface area contributed by atoms with Crippen LogP contribution in [0.4, 0.5) is 0 Å². The lowest BCUT2D eigenvalue weighted by Gasteiger charge is -2.09. The van der Waals surface area contributed by atoms with Gasteiger partial charge in [0.2, 0.25) is 0 Å². The Hall–Kier alpha value is -1.46. The van der Waals surface area contributed by atoms with E-state index in [1.807, 2.05) is 30.3 Å². The average Bonchev–Trinajstić information content (AvgIpc) is 2.78. The minimum absolute atomic E-state index is 0.250. The molecule has 0 bridgehead atoms. The number of nitrogens with zero attached hydrogens (tertiary/aromatic N) is 1. The Kier molecular flexibility index (Phi) is 3.72. The summed E-state index contributed by atoms with van der Waals surface area (Å²) >= 11 is 0. The number of hydrogen-bond acceptors (Lipinski definition) is 4. The van der Waals surface area contributed by atoms with Crippen molar-refractivity contribution >= 4 is 20.7 Å². The van der Waals surface area contributed by atoms with E-state index in [0.717, 1.165) is 29.6 Å². The third kappa shape index (κ3) is 3.16. The molecule has 1 aliphatic rings. The lowest BCUT2D eigenvalue weighted by atomic mass is 10.1. The van der Waals surface area contributed by atoms with Crippen LogP contribution in [0.2, 0.25) is 0 Å². The molecule has 1 aromatic carbocycles. The van der Waals surface area contributed by atoms with Crippen molar-refractivity contribution in [3.8, 4) is 0 Å². The Morgan fingerprint density at radius 3 is 2.85 bits per heavy atom. The maximum atomic E-state index is 11.4. The fourth-order valence-electron chi connectivity index (χ4n) is 2.64. The Balaban J connectivity index is 1.57. The van der Waals surface area contributed by atoms with Crippen LogP contribution in [0, 0.1) is 5.92 Å². The summed E-state index contributed by atoms with van der Waals surface area (Å²) < 4.78 is 22.8. The number of nitrogens with one attached hydrogen (secondary N) is 1. The fraction of sp³-hybridized carbons (Fsp3) is 0.400. The lowest BCUT2D eigenvalue weighted by molar-refractivity contribution is 0.518. The highest BCUT2D eigenvalue weighted by Gasteiger charge is 2.27. The average molecular weight is 290 g/mol. The summed E-state index contributed by atoms with van der Waals surface area (Å²) in [6.45, 7) is 1.43. The number of aromatic nitrogens is 1. The molecule has 1 atom stereocenters. The molecule has 5 heteroatoms. The number of pyridine rings is 1. The van der Waals surface area contributed by atoms with Crippen molar-refractivity contribution in [3.63, 3.8) is 0 Å². The van der Waals surface area contributed by atoms with Gasteiger partial charge in [0.1, 0.15) is 0 Å². The zero-order valence-electron chi connectivity index (χ0n) is 11.2. The minimum atomic E-state index is -2.77. The summed E-state index contributed by atoms with van der Waals surface area (Å²) in [6, 6.07) is 12.1. The molecule has 1 fully saturated rings. The number of para-hydroxylation sites is 1. The van der Waals surface area contributed by atoms with E-state index in [-0.39, 0.29) is 5.92 Å². The van der Waals surface area contributed by atoms with Crippen molar-refractivity contribution in [1.82, 2.24) is 10.3 Å². The summed E-state index contributed by atoms with van der Waals surface area (Å²) in [7, 11) is -2.77. The summed E-state index contributed by atoms with van der Waals surface area (Å²) in [5, 5.41) is 4.46. The van der Waals surface area contributed by atoms with E-state index in [9.17, 15) is 8.42 Å². The van der Waals surface area contributed by atoms with Crippen molar-refractivity contribution < 1.29 is 8.42 Å². The van der Waals surface area contributed by atoms with E-state index in [0.29, 0.717) is 18.1 Å². The van der Waals surface area contributed by atoms with Crippen LogP contribution in [0.5, 0.6) is 0 Å². The number of benzene rings is 1. The van der Waals surface area contributed by atoms with Gasteiger partial charge in [-0.15, -0.1) is 0 Å². The molecule has 0 saturated carbocycles. The fourth-order valence-corrected chi connectivity index (χ4v) is 4.51. The van der Waals surface area contributed by atoms with Crippen molar-refractivity contribution in [2.45, 2.75) is 13.0 Å². The standard InChI is InChI=1S/C15H18N2O2S/c18-20(19)8-7-12(11-20)9-16-10-14-6-5-13-3-1-2-4-15(13)17-14/h1-6,12,16H,7-11H2. The number of hydrogen-bond donors (Lipinski definition) is 1. The van der Waals surface area contributed by atoms with Gasteiger partial charge in [-0.05, 0) is 31.0 Å². The topological polar surface area (TPSA) is 59.1 Å². The number of sulfone groups is 1. The zero-order chi connectivity index (χ0) is 14.0. The van der Waals surface area contributed by atoms with Crippen molar-refractivity contribution in [2.75, 3.05) is 18.1 Å². The molecule has 0 spiro atoms. The molecule has 1 aliphatic heterocycles. The SMILES string of the molecule is O=S1(=O)CCC(CNCc2ccc3ccccc3n2)C1. The van der Waals surface area contributed by atoms with Gasteiger partial charge < -0.3 is 5.32 Å². The molecule has 4 nitrogen and oxygen atoms in total. The predicted octanol–water partition coefficient (Wildman–Crippen LogP) is 1.76. The van der Waals surface area contributed by atoms with Gasteiger partial charge in [-0.3, -0.25) is 4.98 Å². The third-order valence-corrected chi connectivity index (χ3v) is 5.56. The van der Waals surface area contributed by atoms with Crippen molar-refractivity contribution in [2.24, 2.45) is 5.92 Å². The van der Waals surface area contributed by atoms with Crippen molar-refractivity contribution in [1.29, 1.82) is 0 Å². The van der Waals surface area contributed by atoms with Crippen LogP contribution in [0.25, 0.3) is 10.9 Å². The molecule has 0 aliphatic carbocycles. The molecule has 106 valence electrons. The minimum Gasteiger partial charge on any atom is -0.311 e. The summed E-state index contributed by atoms with van der Waals surface area (Å²) in [4.78, 5) is 4.59. The van der Waals surface area contributed by atoms with Crippen LogP contribution in [0.1, 0.15) is 12.1 Å². The first-order valence-corrected chi connectivity index (χ1v) is 8.70. The second kappa shape index (κ2) is 5.50. The van der Waals surface area contributed by atoms with E-state index in [4.69, 9.17) is 0 Å².